The number of aliphatic hydroxyl groups is 1. The third-order valence-corrected chi connectivity index (χ3v) is 6.23. The summed E-state index contributed by atoms with van der Waals surface area (Å²) in [6.07, 6.45) is 5.26. The van der Waals surface area contributed by atoms with Gasteiger partial charge < -0.3 is 19.7 Å². The summed E-state index contributed by atoms with van der Waals surface area (Å²) in [5.74, 6) is 0.339. The van der Waals surface area contributed by atoms with Crippen LogP contribution in [-0.4, -0.2) is 47.3 Å². The molecule has 1 fully saturated rings. The molecule has 5 nitrogen and oxygen atoms in total. The first-order valence-corrected chi connectivity index (χ1v) is 9.35. The van der Waals surface area contributed by atoms with E-state index in [9.17, 15) is 9.90 Å². The highest BCUT2D eigenvalue weighted by molar-refractivity contribution is 5.89. The van der Waals surface area contributed by atoms with Crippen molar-refractivity contribution in [1.29, 1.82) is 0 Å². The molecule has 0 saturated heterocycles. The van der Waals surface area contributed by atoms with E-state index in [4.69, 9.17) is 4.74 Å². The summed E-state index contributed by atoms with van der Waals surface area (Å²) in [5.41, 5.74) is 3.15. The zero-order valence-corrected chi connectivity index (χ0v) is 15.3. The van der Waals surface area contributed by atoms with E-state index >= 15 is 0 Å². The normalized spacial score (nSPS) is 28.1. The molecule has 2 heterocycles. The van der Waals surface area contributed by atoms with E-state index in [-0.39, 0.29) is 23.9 Å². The van der Waals surface area contributed by atoms with Crippen molar-refractivity contribution in [3.8, 4) is 0 Å². The predicted octanol–water partition coefficient (Wildman–Crippen LogP) is 2.72. The van der Waals surface area contributed by atoms with E-state index in [1.54, 1.807) is 0 Å². The molecule has 1 aromatic heterocycles. The zero-order valence-electron chi connectivity index (χ0n) is 15.3. The van der Waals surface area contributed by atoms with E-state index in [1.807, 2.05) is 12.3 Å². The first-order valence-electron chi connectivity index (χ1n) is 9.35. The second-order valence-electron chi connectivity index (χ2n) is 7.61. The number of esters is 1. The predicted molar refractivity (Wildman–Crippen MR) is 100 cm³/mol. The maximum absolute atomic E-state index is 12.3. The summed E-state index contributed by atoms with van der Waals surface area (Å²) in [4.78, 5) is 17.8. The summed E-state index contributed by atoms with van der Waals surface area (Å²) >= 11 is 0. The van der Waals surface area contributed by atoms with Crippen molar-refractivity contribution in [3.63, 3.8) is 0 Å². The molecule has 0 amide bonds. The molecule has 0 bridgehead atoms. The van der Waals surface area contributed by atoms with Crippen LogP contribution < -0.4 is 0 Å². The lowest BCUT2D eigenvalue weighted by molar-refractivity contribution is -0.137. The molecule has 1 aliphatic heterocycles. The summed E-state index contributed by atoms with van der Waals surface area (Å²) < 4.78 is 5.00. The van der Waals surface area contributed by atoms with E-state index in [0.717, 1.165) is 25.0 Å². The first kappa shape index (κ1) is 17.2. The van der Waals surface area contributed by atoms with Gasteiger partial charge in [-0.2, -0.15) is 0 Å². The van der Waals surface area contributed by atoms with Crippen molar-refractivity contribution < 1.29 is 14.6 Å². The number of carbonyl (C=O) groups excluding carboxylic acids is 1. The van der Waals surface area contributed by atoms with Crippen molar-refractivity contribution in [1.82, 2.24) is 9.88 Å². The molecule has 2 aliphatic rings. The van der Waals surface area contributed by atoms with Crippen LogP contribution in [0.15, 0.2) is 42.2 Å². The lowest BCUT2D eigenvalue weighted by Crippen LogP contribution is -2.38. The number of ether oxygens (including phenoxy) is 1. The Balaban J connectivity index is 1.54. The maximum atomic E-state index is 12.3. The second-order valence-corrected chi connectivity index (χ2v) is 7.61. The number of benzene rings is 1. The van der Waals surface area contributed by atoms with Gasteiger partial charge in [-0.05, 0) is 42.2 Å². The van der Waals surface area contributed by atoms with Crippen LogP contribution in [0.2, 0.25) is 0 Å². The Morgan fingerprint density at radius 3 is 3.00 bits per heavy atom. The molecule has 4 atom stereocenters. The van der Waals surface area contributed by atoms with Gasteiger partial charge in [0.1, 0.15) is 0 Å². The number of methoxy groups -OCH3 is 1. The van der Waals surface area contributed by atoms with Gasteiger partial charge >= 0.3 is 5.97 Å². The molecule has 1 aromatic carbocycles. The van der Waals surface area contributed by atoms with Gasteiger partial charge in [-0.1, -0.05) is 25.1 Å². The highest BCUT2D eigenvalue weighted by Crippen LogP contribution is 2.44. The third-order valence-electron chi connectivity index (χ3n) is 6.23. The number of H-pyrrole nitrogens is 1. The fourth-order valence-electron chi connectivity index (χ4n) is 4.65. The summed E-state index contributed by atoms with van der Waals surface area (Å²) in [6.45, 7) is 3.81. The van der Waals surface area contributed by atoms with Crippen LogP contribution in [0, 0.1) is 17.8 Å². The lowest BCUT2D eigenvalue weighted by atomic mass is 9.82. The quantitative estimate of drug-likeness (QED) is 0.829. The van der Waals surface area contributed by atoms with Gasteiger partial charge in [0, 0.05) is 36.4 Å². The maximum Gasteiger partial charge on any atom is 0.335 e. The standard InChI is InChI=1S/C21H26N2O3/c1-13-17-11-23(12-18(21(25)26-2)16(17)9-20(13)24)8-7-14-10-22-19-6-4-3-5-15(14)19/h3-6,10,12-13,16-17,20,22,24H,7-9,11H2,1-2H3/t13-,16+,17-,20+/m1/s1. The van der Waals surface area contributed by atoms with Crippen molar-refractivity contribution in [2.24, 2.45) is 17.8 Å². The van der Waals surface area contributed by atoms with Crippen LogP contribution in [0.3, 0.4) is 0 Å². The van der Waals surface area contributed by atoms with Crippen LogP contribution in [0.4, 0.5) is 0 Å². The van der Waals surface area contributed by atoms with Gasteiger partial charge in [-0.25, -0.2) is 4.79 Å². The third kappa shape index (κ3) is 2.90. The van der Waals surface area contributed by atoms with Gasteiger partial charge in [0.25, 0.3) is 0 Å². The fourth-order valence-corrected chi connectivity index (χ4v) is 4.65. The molecule has 1 saturated carbocycles. The molecule has 4 rings (SSSR count). The van der Waals surface area contributed by atoms with E-state index < -0.39 is 0 Å². The number of aromatic nitrogens is 1. The number of nitrogens with zero attached hydrogens (tertiary/aromatic N) is 1. The highest BCUT2D eigenvalue weighted by Gasteiger charge is 2.46. The van der Waals surface area contributed by atoms with Crippen molar-refractivity contribution in [2.45, 2.75) is 25.9 Å². The van der Waals surface area contributed by atoms with Crippen LogP contribution in [-0.2, 0) is 16.0 Å². The van der Waals surface area contributed by atoms with Gasteiger partial charge in [0.05, 0.1) is 18.8 Å². The summed E-state index contributed by atoms with van der Waals surface area (Å²) in [6, 6.07) is 8.31. The molecule has 0 radical (unpaired) electrons. The number of aromatic amines is 1. The smallest absolute Gasteiger partial charge is 0.335 e. The van der Waals surface area contributed by atoms with Crippen molar-refractivity contribution >= 4 is 16.9 Å². The number of hydrogen-bond acceptors (Lipinski definition) is 4. The number of nitrogens with one attached hydrogen (secondary N) is 1. The highest BCUT2D eigenvalue weighted by atomic mass is 16.5. The van der Waals surface area contributed by atoms with Crippen LogP contribution in [0.5, 0.6) is 0 Å². The first-order chi connectivity index (χ1) is 12.6. The number of fused-ring (bicyclic) bond motifs is 2. The fraction of sp³-hybridized carbons (Fsp3) is 0.476. The van der Waals surface area contributed by atoms with Crippen molar-refractivity contribution in [2.75, 3.05) is 20.2 Å². The number of hydrogen-bond donors (Lipinski definition) is 2. The molecule has 2 aromatic rings. The average Bonchev–Trinajstić information content (AvgIpc) is 3.20. The van der Waals surface area contributed by atoms with Gasteiger partial charge in [0.15, 0.2) is 0 Å². The summed E-state index contributed by atoms with van der Waals surface area (Å²) in [7, 11) is 1.43. The molecule has 1 aliphatic carbocycles. The van der Waals surface area contributed by atoms with Crippen LogP contribution in [0.1, 0.15) is 18.9 Å². The number of aliphatic hydroxyl groups excluding tert-OH is 1. The Hall–Kier alpha value is -2.27. The zero-order chi connectivity index (χ0) is 18.3. The molecule has 5 heteroatoms. The van der Waals surface area contributed by atoms with E-state index in [2.05, 4.69) is 41.2 Å². The Morgan fingerprint density at radius 1 is 1.38 bits per heavy atom. The molecular formula is C21H26N2O3. The molecule has 2 N–H and O–H groups in total. The topological polar surface area (TPSA) is 65.6 Å². The largest absolute Gasteiger partial charge is 0.466 e. The Bertz CT molecular complexity index is 841. The molecule has 0 unspecified atom stereocenters. The van der Waals surface area contributed by atoms with Gasteiger partial charge in [-0.3, -0.25) is 0 Å². The van der Waals surface area contributed by atoms with Gasteiger partial charge in [0.2, 0.25) is 0 Å². The Kier molecular flexibility index (Phi) is 4.49. The number of carbonyl (C=O) groups is 1. The molecule has 0 spiro atoms. The Morgan fingerprint density at radius 2 is 2.19 bits per heavy atom. The Labute approximate surface area is 153 Å². The minimum absolute atomic E-state index is 0.108. The lowest BCUT2D eigenvalue weighted by Gasteiger charge is -2.36. The minimum Gasteiger partial charge on any atom is -0.466 e. The molecular weight excluding hydrogens is 328 g/mol. The van der Waals surface area contributed by atoms with Crippen LogP contribution in [0.25, 0.3) is 10.9 Å². The SMILES string of the molecule is COC(=O)C1=CN(CCc2c[nH]c3ccccc23)C[C@@H]2[C@@H](C)[C@@H](O)C[C@H]12. The van der Waals surface area contributed by atoms with E-state index in [0.29, 0.717) is 17.9 Å². The number of para-hydroxylation sites is 1. The number of rotatable bonds is 4. The van der Waals surface area contributed by atoms with Crippen LogP contribution >= 0.6 is 0 Å². The van der Waals surface area contributed by atoms with Gasteiger partial charge in [-0.15, -0.1) is 0 Å². The molecule has 26 heavy (non-hydrogen) atoms. The van der Waals surface area contributed by atoms with Crippen molar-refractivity contribution in [3.05, 3.63) is 47.8 Å². The molecule has 138 valence electrons. The monoisotopic (exact) mass is 354 g/mol. The second kappa shape index (κ2) is 6.80. The minimum atomic E-state index is -0.341. The summed E-state index contributed by atoms with van der Waals surface area (Å²) in [5, 5.41) is 11.5. The average molecular weight is 354 g/mol. The van der Waals surface area contributed by atoms with E-state index in [1.165, 1.54) is 18.1 Å².